The van der Waals surface area contributed by atoms with Gasteiger partial charge in [-0.2, -0.15) is 0 Å². The number of benzene rings is 1. The van der Waals surface area contributed by atoms with E-state index < -0.39 is 23.3 Å². The van der Waals surface area contributed by atoms with Gasteiger partial charge in [0.15, 0.2) is 0 Å². The van der Waals surface area contributed by atoms with Gasteiger partial charge in [0.05, 0.1) is 5.41 Å². The molecule has 7 heteroatoms. The second-order valence-corrected chi connectivity index (χ2v) is 6.19. The zero-order valence-electron chi connectivity index (χ0n) is 12.0. The Labute approximate surface area is 131 Å². The average Bonchev–Trinajstić information content (AvgIpc) is 2.32. The van der Waals surface area contributed by atoms with Gasteiger partial charge in [-0.1, -0.05) is 22.0 Å². The van der Waals surface area contributed by atoms with Gasteiger partial charge in [0.25, 0.3) is 0 Å². The van der Waals surface area contributed by atoms with Crippen LogP contribution in [-0.2, 0) is 9.59 Å². The first-order chi connectivity index (χ1) is 9.61. The second kappa shape index (κ2) is 6.71. The van der Waals surface area contributed by atoms with Crippen molar-refractivity contribution in [3.8, 4) is 0 Å². The molecular formula is C14H17BrN2O4. The molecule has 0 spiro atoms. The normalized spacial score (nSPS) is 10.9. The van der Waals surface area contributed by atoms with Crippen molar-refractivity contribution < 1.29 is 19.5 Å². The first-order valence-electron chi connectivity index (χ1n) is 6.22. The van der Waals surface area contributed by atoms with Crippen LogP contribution in [0.15, 0.2) is 22.7 Å². The van der Waals surface area contributed by atoms with E-state index in [2.05, 4.69) is 26.6 Å². The molecule has 0 fully saturated rings. The number of aryl methyl sites for hydroxylation is 1. The summed E-state index contributed by atoms with van der Waals surface area (Å²) in [5, 5.41) is 13.5. The number of aliphatic carboxylic acids is 1. The summed E-state index contributed by atoms with van der Waals surface area (Å²) in [5.41, 5.74) is 0.313. The number of imide groups is 1. The Morgan fingerprint density at radius 1 is 1.29 bits per heavy atom. The van der Waals surface area contributed by atoms with Crippen LogP contribution in [0.3, 0.4) is 0 Å². The molecule has 0 radical (unpaired) electrons. The van der Waals surface area contributed by atoms with Crippen LogP contribution < -0.4 is 10.6 Å². The minimum atomic E-state index is -1.22. The monoisotopic (exact) mass is 356 g/mol. The molecule has 3 N–H and O–H groups in total. The van der Waals surface area contributed by atoms with Crippen molar-refractivity contribution in [1.82, 2.24) is 5.32 Å². The maximum absolute atomic E-state index is 11.7. The van der Waals surface area contributed by atoms with Crippen molar-refractivity contribution in [3.05, 3.63) is 28.2 Å². The lowest BCUT2D eigenvalue weighted by Gasteiger charge is -2.17. The summed E-state index contributed by atoms with van der Waals surface area (Å²) in [6.07, 6.45) is -0.284. The molecule has 114 valence electrons. The molecule has 6 nitrogen and oxygen atoms in total. The molecule has 1 aromatic carbocycles. The number of halogens is 1. The molecule has 21 heavy (non-hydrogen) atoms. The number of rotatable bonds is 4. The average molecular weight is 357 g/mol. The van der Waals surface area contributed by atoms with Crippen LogP contribution in [-0.4, -0.2) is 23.0 Å². The van der Waals surface area contributed by atoms with Gasteiger partial charge in [-0.25, -0.2) is 4.79 Å². The molecule has 3 amide bonds. The molecule has 0 saturated heterocycles. The van der Waals surface area contributed by atoms with Crippen LogP contribution >= 0.6 is 15.9 Å². The van der Waals surface area contributed by atoms with E-state index in [1.54, 1.807) is 12.1 Å². The highest BCUT2D eigenvalue weighted by Gasteiger charge is 2.30. The number of carbonyl (C=O) groups excluding carboxylic acids is 2. The van der Waals surface area contributed by atoms with E-state index in [1.165, 1.54) is 13.8 Å². The zero-order valence-corrected chi connectivity index (χ0v) is 13.6. The lowest BCUT2D eigenvalue weighted by atomic mass is 9.89. The van der Waals surface area contributed by atoms with Crippen LogP contribution in [0.4, 0.5) is 10.5 Å². The number of carboxylic acids is 1. The van der Waals surface area contributed by atoms with E-state index in [0.717, 1.165) is 10.0 Å². The Morgan fingerprint density at radius 2 is 1.90 bits per heavy atom. The third-order valence-electron chi connectivity index (χ3n) is 2.86. The molecule has 0 atom stereocenters. The smallest absolute Gasteiger partial charge is 0.325 e. The highest BCUT2D eigenvalue weighted by molar-refractivity contribution is 9.10. The third-order valence-corrected chi connectivity index (χ3v) is 3.72. The summed E-state index contributed by atoms with van der Waals surface area (Å²) in [5.74, 6) is -1.74. The van der Waals surface area contributed by atoms with E-state index in [1.807, 2.05) is 13.0 Å². The van der Waals surface area contributed by atoms with Gasteiger partial charge in [-0.05, 0) is 38.5 Å². The van der Waals surface area contributed by atoms with Gasteiger partial charge in [0, 0.05) is 16.6 Å². The zero-order chi connectivity index (χ0) is 16.2. The van der Waals surface area contributed by atoms with Gasteiger partial charge in [-0.3, -0.25) is 14.9 Å². The Hall–Kier alpha value is -1.89. The van der Waals surface area contributed by atoms with Crippen LogP contribution in [0.1, 0.15) is 25.8 Å². The van der Waals surface area contributed by atoms with Crippen molar-refractivity contribution in [2.45, 2.75) is 27.2 Å². The van der Waals surface area contributed by atoms with E-state index in [-0.39, 0.29) is 6.42 Å². The summed E-state index contributed by atoms with van der Waals surface area (Å²) in [6.45, 7) is 4.75. The Bertz CT molecular complexity index is 584. The number of carbonyl (C=O) groups is 3. The van der Waals surface area contributed by atoms with Crippen LogP contribution in [0.25, 0.3) is 0 Å². The molecule has 0 aromatic heterocycles. The topological polar surface area (TPSA) is 95.5 Å². The minimum Gasteiger partial charge on any atom is -0.481 e. The lowest BCUT2D eigenvalue weighted by molar-refractivity contribution is -0.149. The minimum absolute atomic E-state index is 0.284. The fourth-order valence-corrected chi connectivity index (χ4v) is 1.86. The number of urea groups is 1. The van der Waals surface area contributed by atoms with Crippen molar-refractivity contribution in [2.24, 2.45) is 5.41 Å². The van der Waals surface area contributed by atoms with Crippen molar-refractivity contribution in [1.29, 1.82) is 0 Å². The van der Waals surface area contributed by atoms with E-state index >= 15 is 0 Å². The van der Waals surface area contributed by atoms with Gasteiger partial charge in [0.1, 0.15) is 0 Å². The number of amides is 3. The van der Waals surface area contributed by atoms with E-state index in [4.69, 9.17) is 5.11 Å². The molecule has 0 bridgehead atoms. The molecule has 0 aliphatic heterocycles. The van der Waals surface area contributed by atoms with Gasteiger partial charge in [0.2, 0.25) is 5.91 Å². The van der Waals surface area contributed by atoms with Crippen molar-refractivity contribution >= 4 is 39.5 Å². The fraction of sp³-hybridized carbons (Fsp3) is 0.357. The number of hydrogen-bond donors (Lipinski definition) is 3. The molecule has 1 aromatic rings. The predicted octanol–water partition coefficient (Wildman–Crippen LogP) is 2.91. The first-order valence-corrected chi connectivity index (χ1v) is 7.01. The molecule has 0 aliphatic rings. The van der Waals surface area contributed by atoms with Gasteiger partial charge in [-0.15, -0.1) is 0 Å². The maximum Gasteiger partial charge on any atom is 0.325 e. The van der Waals surface area contributed by atoms with Gasteiger partial charge >= 0.3 is 12.0 Å². The Kier molecular flexibility index (Phi) is 5.48. The van der Waals surface area contributed by atoms with Crippen LogP contribution in [0, 0.1) is 12.3 Å². The quantitative estimate of drug-likeness (QED) is 0.772. The van der Waals surface area contributed by atoms with E-state index in [9.17, 15) is 14.4 Å². The Balaban J connectivity index is 2.59. The highest BCUT2D eigenvalue weighted by Crippen LogP contribution is 2.21. The SMILES string of the molecule is Cc1ccc(NC(=O)NC(=O)CC(C)(C)C(=O)O)cc1Br. The first kappa shape index (κ1) is 17.2. The number of hydrogen-bond acceptors (Lipinski definition) is 3. The van der Waals surface area contributed by atoms with Crippen LogP contribution in [0.2, 0.25) is 0 Å². The summed E-state index contributed by atoms with van der Waals surface area (Å²) in [6, 6.07) is 4.53. The molecular weight excluding hydrogens is 340 g/mol. The molecule has 0 saturated carbocycles. The third kappa shape index (κ3) is 5.18. The summed E-state index contributed by atoms with van der Waals surface area (Å²) in [4.78, 5) is 34.2. The molecule has 0 unspecified atom stereocenters. The molecule has 1 rings (SSSR count). The van der Waals surface area contributed by atoms with Gasteiger partial charge < -0.3 is 10.4 Å². The molecule has 0 aliphatic carbocycles. The number of anilines is 1. The van der Waals surface area contributed by atoms with Crippen molar-refractivity contribution in [2.75, 3.05) is 5.32 Å². The number of nitrogens with one attached hydrogen (secondary N) is 2. The standard InChI is InChI=1S/C14H17BrN2O4/c1-8-4-5-9(6-10(8)15)16-13(21)17-11(18)7-14(2,3)12(19)20/h4-6H,7H2,1-3H3,(H,19,20)(H2,16,17,18,21). The summed E-state index contributed by atoms with van der Waals surface area (Å²) < 4.78 is 0.832. The number of carboxylic acid groups (broad SMARTS) is 1. The Morgan fingerprint density at radius 3 is 2.43 bits per heavy atom. The highest BCUT2D eigenvalue weighted by atomic mass is 79.9. The largest absolute Gasteiger partial charge is 0.481 e. The fourth-order valence-electron chi connectivity index (χ4n) is 1.48. The van der Waals surface area contributed by atoms with E-state index in [0.29, 0.717) is 5.69 Å². The summed E-state index contributed by atoms with van der Waals surface area (Å²) >= 11 is 3.34. The summed E-state index contributed by atoms with van der Waals surface area (Å²) in [7, 11) is 0. The predicted molar refractivity (Wildman–Crippen MR) is 82.1 cm³/mol. The van der Waals surface area contributed by atoms with Crippen molar-refractivity contribution in [3.63, 3.8) is 0 Å². The molecule has 0 heterocycles. The second-order valence-electron chi connectivity index (χ2n) is 5.33. The maximum atomic E-state index is 11.7. The lowest BCUT2D eigenvalue weighted by Crippen LogP contribution is -2.38. The van der Waals surface area contributed by atoms with Crippen LogP contribution in [0.5, 0.6) is 0 Å².